The summed E-state index contributed by atoms with van der Waals surface area (Å²) >= 11 is 1.58. The number of anilines is 1. The number of hydrogen-bond acceptors (Lipinski definition) is 2. The number of thioether (sulfide) groups is 1. The summed E-state index contributed by atoms with van der Waals surface area (Å²) in [4.78, 5) is 13.5. The molecule has 0 saturated heterocycles. The first-order valence-electron chi connectivity index (χ1n) is 9.71. The highest BCUT2D eigenvalue weighted by Gasteiger charge is 2.11. The van der Waals surface area contributed by atoms with E-state index >= 15 is 0 Å². The second kappa shape index (κ2) is 8.58. The third-order valence-corrected chi connectivity index (χ3v) is 5.96. The average molecular weight is 401 g/mol. The number of hydrogen-bond donors (Lipinski definition) is 1. The first-order valence-corrected chi connectivity index (χ1v) is 10.7. The first kappa shape index (κ1) is 19.3. The molecule has 0 saturated carbocycles. The van der Waals surface area contributed by atoms with Crippen molar-refractivity contribution in [3.05, 3.63) is 95.7 Å². The number of nitrogens with zero attached hydrogens (tertiary/aromatic N) is 1. The number of nitrogens with one attached hydrogen (secondary N) is 1. The number of aromatic nitrogens is 1. The third-order valence-electron chi connectivity index (χ3n) is 4.92. The van der Waals surface area contributed by atoms with Crippen LogP contribution in [0.25, 0.3) is 10.9 Å². The summed E-state index contributed by atoms with van der Waals surface area (Å²) in [5.41, 5.74) is 5.74. The summed E-state index contributed by atoms with van der Waals surface area (Å²) in [5, 5.41) is 4.16. The van der Waals surface area contributed by atoms with Gasteiger partial charge in [0.05, 0.1) is 5.75 Å². The van der Waals surface area contributed by atoms with Gasteiger partial charge in [0, 0.05) is 34.2 Å². The van der Waals surface area contributed by atoms with Crippen LogP contribution >= 0.6 is 11.8 Å². The predicted molar refractivity (Wildman–Crippen MR) is 123 cm³/mol. The van der Waals surface area contributed by atoms with Gasteiger partial charge in [-0.25, -0.2) is 0 Å². The molecule has 4 rings (SSSR count). The van der Waals surface area contributed by atoms with Gasteiger partial charge in [0.2, 0.25) is 5.91 Å². The zero-order valence-corrected chi connectivity index (χ0v) is 17.5. The van der Waals surface area contributed by atoms with E-state index in [0.717, 1.165) is 17.1 Å². The Morgan fingerprint density at radius 3 is 2.28 bits per heavy atom. The highest BCUT2D eigenvalue weighted by molar-refractivity contribution is 8.00. The van der Waals surface area contributed by atoms with E-state index in [4.69, 9.17) is 0 Å². The predicted octanol–water partition coefficient (Wildman–Crippen LogP) is 6.04. The zero-order chi connectivity index (χ0) is 20.2. The minimum absolute atomic E-state index is 0.00854. The molecule has 3 nitrogen and oxygen atoms in total. The van der Waals surface area contributed by atoms with Gasteiger partial charge in [0.25, 0.3) is 0 Å². The number of fused-ring (bicyclic) bond motifs is 1. The number of carbonyl (C=O) groups is 1. The van der Waals surface area contributed by atoms with Gasteiger partial charge in [-0.1, -0.05) is 65.7 Å². The van der Waals surface area contributed by atoms with E-state index in [1.807, 2.05) is 31.2 Å². The van der Waals surface area contributed by atoms with E-state index in [2.05, 4.69) is 71.5 Å². The van der Waals surface area contributed by atoms with Crippen molar-refractivity contribution >= 4 is 34.3 Å². The highest BCUT2D eigenvalue weighted by Crippen LogP contribution is 2.30. The molecule has 0 bridgehead atoms. The number of para-hydroxylation sites is 1. The lowest BCUT2D eigenvalue weighted by atomic mass is 10.1. The molecule has 0 unspecified atom stereocenters. The molecule has 0 spiro atoms. The van der Waals surface area contributed by atoms with Crippen LogP contribution in [0, 0.1) is 13.8 Å². The summed E-state index contributed by atoms with van der Waals surface area (Å²) < 4.78 is 2.26. The number of amides is 1. The van der Waals surface area contributed by atoms with Crippen molar-refractivity contribution in [2.24, 2.45) is 0 Å². The molecule has 0 radical (unpaired) electrons. The average Bonchev–Trinajstić information content (AvgIpc) is 3.08. The van der Waals surface area contributed by atoms with Crippen LogP contribution in [0.2, 0.25) is 0 Å². The van der Waals surface area contributed by atoms with Crippen LogP contribution in [0.15, 0.2) is 83.9 Å². The lowest BCUT2D eigenvalue weighted by Gasteiger charge is -2.06. The second-order valence-electron chi connectivity index (χ2n) is 7.33. The Morgan fingerprint density at radius 2 is 1.55 bits per heavy atom. The number of rotatable bonds is 6. The molecule has 0 fully saturated rings. The molecule has 1 aromatic heterocycles. The molecule has 0 aliphatic rings. The maximum absolute atomic E-state index is 12.4. The Morgan fingerprint density at radius 1 is 0.897 bits per heavy atom. The van der Waals surface area contributed by atoms with Crippen molar-refractivity contribution in [3.63, 3.8) is 0 Å². The van der Waals surface area contributed by atoms with Gasteiger partial charge in [-0.2, -0.15) is 0 Å². The van der Waals surface area contributed by atoms with Gasteiger partial charge in [-0.05, 0) is 37.6 Å². The van der Waals surface area contributed by atoms with Gasteiger partial charge in [0.1, 0.15) is 0 Å². The summed E-state index contributed by atoms with van der Waals surface area (Å²) in [7, 11) is 0. The van der Waals surface area contributed by atoms with Crippen molar-refractivity contribution in [1.29, 1.82) is 0 Å². The molecule has 3 aromatic carbocycles. The Kier molecular flexibility index (Phi) is 5.72. The lowest BCUT2D eigenvalue weighted by molar-refractivity contribution is -0.113. The minimum Gasteiger partial charge on any atom is -0.342 e. The largest absolute Gasteiger partial charge is 0.342 e. The Bertz CT molecular complexity index is 1130. The SMILES string of the molecule is Cc1ccc(Cn2cc(SCC(=O)Nc3ccc(C)cc3)c3ccccc32)cc1. The fraction of sp³-hybridized carbons (Fsp3) is 0.160. The molecule has 1 heterocycles. The van der Waals surface area contributed by atoms with Crippen molar-refractivity contribution < 1.29 is 4.79 Å². The van der Waals surface area contributed by atoms with Gasteiger partial charge in [-0.15, -0.1) is 11.8 Å². The molecule has 4 aromatic rings. The maximum Gasteiger partial charge on any atom is 0.234 e. The molecule has 0 aliphatic heterocycles. The van der Waals surface area contributed by atoms with Crippen LogP contribution in [0.4, 0.5) is 5.69 Å². The van der Waals surface area contributed by atoms with Crippen LogP contribution in [0.1, 0.15) is 16.7 Å². The maximum atomic E-state index is 12.4. The van der Waals surface area contributed by atoms with Gasteiger partial charge < -0.3 is 9.88 Å². The molecule has 4 heteroatoms. The molecule has 0 atom stereocenters. The fourth-order valence-corrected chi connectivity index (χ4v) is 4.22. The summed E-state index contributed by atoms with van der Waals surface area (Å²) in [6, 6.07) is 24.9. The van der Waals surface area contributed by atoms with E-state index in [0.29, 0.717) is 5.75 Å². The monoisotopic (exact) mass is 400 g/mol. The van der Waals surface area contributed by atoms with Gasteiger partial charge >= 0.3 is 0 Å². The smallest absolute Gasteiger partial charge is 0.234 e. The van der Waals surface area contributed by atoms with Crippen molar-refractivity contribution in [3.8, 4) is 0 Å². The Hall–Kier alpha value is -2.98. The summed E-state index contributed by atoms with van der Waals surface area (Å²) in [6.45, 7) is 4.95. The topological polar surface area (TPSA) is 34.0 Å². The highest BCUT2D eigenvalue weighted by atomic mass is 32.2. The van der Waals surface area contributed by atoms with Crippen molar-refractivity contribution in [2.75, 3.05) is 11.1 Å². The number of aryl methyl sites for hydroxylation is 2. The third kappa shape index (κ3) is 4.72. The standard InChI is InChI=1S/C25H24N2OS/c1-18-7-11-20(12-8-18)15-27-16-24(22-5-3-4-6-23(22)27)29-17-25(28)26-21-13-9-19(2)10-14-21/h3-14,16H,15,17H2,1-2H3,(H,26,28). The number of carbonyl (C=O) groups excluding carboxylic acids is 1. The molecule has 1 amide bonds. The Balaban J connectivity index is 1.49. The van der Waals surface area contributed by atoms with Crippen LogP contribution in [0.5, 0.6) is 0 Å². The van der Waals surface area contributed by atoms with E-state index in [9.17, 15) is 4.79 Å². The van der Waals surface area contributed by atoms with Gasteiger partial charge in [-0.3, -0.25) is 4.79 Å². The number of benzene rings is 3. The molecule has 29 heavy (non-hydrogen) atoms. The molecule has 1 N–H and O–H groups in total. The lowest BCUT2D eigenvalue weighted by Crippen LogP contribution is -2.13. The van der Waals surface area contributed by atoms with E-state index < -0.39 is 0 Å². The Labute approximate surface area is 175 Å². The van der Waals surface area contributed by atoms with E-state index in [1.165, 1.54) is 27.6 Å². The van der Waals surface area contributed by atoms with Crippen LogP contribution in [-0.2, 0) is 11.3 Å². The van der Waals surface area contributed by atoms with Gasteiger partial charge in [0.15, 0.2) is 0 Å². The second-order valence-corrected chi connectivity index (χ2v) is 8.34. The van der Waals surface area contributed by atoms with Crippen molar-refractivity contribution in [1.82, 2.24) is 4.57 Å². The summed E-state index contributed by atoms with van der Waals surface area (Å²) in [5.74, 6) is 0.390. The molecule has 146 valence electrons. The quantitative estimate of drug-likeness (QED) is 0.401. The van der Waals surface area contributed by atoms with E-state index in [-0.39, 0.29) is 5.91 Å². The zero-order valence-electron chi connectivity index (χ0n) is 16.7. The molecular formula is C25H24N2OS. The van der Waals surface area contributed by atoms with Crippen LogP contribution in [0.3, 0.4) is 0 Å². The molecule has 0 aliphatic carbocycles. The first-order chi connectivity index (χ1) is 14.1. The fourth-order valence-electron chi connectivity index (χ4n) is 3.33. The normalized spacial score (nSPS) is 11.0. The summed E-state index contributed by atoms with van der Waals surface area (Å²) in [6.07, 6.45) is 2.16. The van der Waals surface area contributed by atoms with Crippen molar-refractivity contribution in [2.45, 2.75) is 25.3 Å². The van der Waals surface area contributed by atoms with Crippen LogP contribution < -0.4 is 5.32 Å². The van der Waals surface area contributed by atoms with Crippen LogP contribution in [-0.4, -0.2) is 16.2 Å². The van der Waals surface area contributed by atoms with E-state index in [1.54, 1.807) is 11.8 Å². The molecular weight excluding hydrogens is 376 g/mol. The minimum atomic E-state index is 0.00854.